The summed E-state index contributed by atoms with van der Waals surface area (Å²) in [6.45, 7) is 0.687. The Balaban J connectivity index is 0.000000640. The summed E-state index contributed by atoms with van der Waals surface area (Å²) in [6, 6.07) is 0. The van der Waals surface area contributed by atoms with E-state index in [1.54, 1.807) is 6.20 Å². The van der Waals surface area contributed by atoms with E-state index in [4.69, 9.17) is 0 Å². The zero-order valence-corrected chi connectivity index (χ0v) is 5.85. The van der Waals surface area contributed by atoms with Crippen LogP contribution in [0.1, 0.15) is 0 Å². The number of nitrogens with zero attached hydrogens (tertiary/aromatic N) is 1. The number of rotatable bonds is 0. The molecule has 0 saturated heterocycles. The summed E-state index contributed by atoms with van der Waals surface area (Å²) in [7, 11) is 1.37. The van der Waals surface area contributed by atoms with Crippen LogP contribution in [0.3, 0.4) is 0 Å². The molecule has 0 atom stereocenters. The van der Waals surface area contributed by atoms with Gasteiger partial charge in [0, 0.05) is 12.7 Å². The highest BCUT2D eigenvalue weighted by molar-refractivity contribution is 5.85. The van der Waals surface area contributed by atoms with Crippen molar-refractivity contribution >= 4 is 18.5 Å². The van der Waals surface area contributed by atoms with E-state index >= 15 is 0 Å². The molecule has 0 saturated carbocycles. The predicted molar refractivity (Wildman–Crippen MR) is 35.5 cm³/mol. The fraction of sp³-hybridized carbons (Fsp3) is 0.400. The van der Waals surface area contributed by atoms with E-state index in [9.17, 15) is 4.79 Å². The molecule has 0 bridgehead atoms. The minimum Gasteiger partial charge on any atom is -0.452 e. The minimum atomic E-state index is -0.285. The Hall–Kier alpha value is -0.700. The fourth-order valence-corrected chi connectivity index (χ4v) is 0.463. The second kappa shape index (κ2) is 3.35. The summed E-state index contributed by atoms with van der Waals surface area (Å²) >= 11 is 0. The summed E-state index contributed by atoms with van der Waals surface area (Å²) in [5.74, 6) is 0. The normalized spacial score (nSPS) is 13.7. The molecule has 0 spiro atoms. The van der Waals surface area contributed by atoms with Crippen molar-refractivity contribution in [1.82, 2.24) is 4.90 Å². The van der Waals surface area contributed by atoms with Gasteiger partial charge in [0.15, 0.2) is 0 Å². The Morgan fingerprint density at radius 3 is 2.44 bits per heavy atom. The maximum Gasteiger partial charge on any atom is 0.413 e. The van der Waals surface area contributed by atoms with Crippen LogP contribution in [0.4, 0.5) is 4.79 Å². The second-order valence-electron chi connectivity index (χ2n) is 1.51. The Morgan fingerprint density at radius 1 is 1.78 bits per heavy atom. The summed E-state index contributed by atoms with van der Waals surface area (Å²) in [4.78, 5) is 11.9. The summed E-state index contributed by atoms with van der Waals surface area (Å²) < 4.78 is 4.39. The predicted octanol–water partition coefficient (Wildman–Crippen LogP) is 1.00. The first kappa shape index (κ1) is 8.30. The third-order valence-corrected chi connectivity index (χ3v) is 0.997. The molecule has 1 heterocycles. The molecule has 1 aliphatic heterocycles. The van der Waals surface area contributed by atoms with Gasteiger partial charge in [0.25, 0.3) is 0 Å². The van der Waals surface area contributed by atoms with Crippen LogP contribution >= 0.6 is 12.4 Å². The summed E-state index contributed by atoms with van der Waals surface area (Å²) in [6.07, 6.45) is 3.29. The molecule has 1 aliphatic rings. The number of carbonyl (C=O) groups is 1. The van der Waals surface area contributed by atoms with E-state index in [2.05, 4.69) is 4.74 Å². The van der Waals surface area contributed by atoms with Crippen LogP contribution in [-0.4, -0.2) is 24.6 Å². The molecule has 0 N–H and O–H groups in total. The Bertz CT molecular complexity index is 135. The Labute approximate surface area is 59.7 Å². The molecule has 1 amide bonds. The SMILES string of the molecule is COC(=O)N1C=CC1.Cl. The smallest absolute Gasteiger partial charge is 0.413 e. The lowest BCUT2D eigenvalue weighted by molar-refractivity contribution is 0.138. The highest BCUT2D eigenvalue weighted by Crippen LogP contribution is 2.02. The molecule has 4 heteroatoms. The lowest BCUT2D eigenvalue weighted by atomic mass is 10.4. The molecular formula is C5H8ClNO2. The van der Waals surface area contributed by atoms with Crippen LogP contribution in [0, 0.1) is 0 Å². The molecule has 0 aliphatic carbocycles. The lowest BCUT2D eigenvalue weighted by Gasteiger charge is -2.20. The molecule has 9 heavy (non-hydrogen) atoms. The highest BCUT2D eigenvalue weighted by atomic mass is 35.5. The van der Waals surface area contributed by atoms with Gasteiger partial charge in [0.05, 0.1) is 7.11 Å². The maximum absolute atomic E-state index is 10.4. The van der Waals surface area contributed by atoms with Crippen LogP contribution < -0.4 is 0 Å². The second-order valence-corrected chi connectivity index (χ2v) is 1.51. The van der Waals surface area contributed by atoms with Crippen LogP contribution in [0.25, 0.3) is 0 Å². The molecule has 0 fully saturated rings. The molecule has 52 valence electrons. The zero-order valence-electron chi connectivity index (χ0n) is 5.03. The lowest BCUT2D eigenvalue weighted by Crippen LogP contribution is -2.31. The first-order valence-corrected chi connectivity index (χ1v) is 2.36. The van der Waals surface area contributed by atoms with E-state index < -0.39 is 0 Å². The van der Waals surface area contributed by atoms with Crippen molar-refractivity contribution in [2.75, 3.05) is 13.7 Å². The van der Waals surface area contributed by atoms with Gasteiger partial charge < -0.3 is 4.74 Å². The summed E-state index contributed by atoms with van der Waals surface area (Å²) in [5.41, 5.74) is 0. The Kier molecular flexibility index (Phi) is 3.09. The fourth-order valence-electron chi connectivity index (χ4n) is 0.463. The number of halogens is 1. The van der Waals surface area contributed by atoms with Gasteiger partial charge >= 0.3 is 6.09 Å². The van der Waals surface area contributed by atoms with E-state index in [1.165, 1.54) is 12.0 Å². The van der Waals surface area contributed by atoms with E-state index in [-0.39, 0.29) is 18.5 Å². The van der Waals surface area contributed by atoms with Crippen molar-refractivity contribution in [1.29, 1.82) is 0 Å². The standard InChI is InChI=1S/C5H7NO2.ClH/c1-8-5(7)6-3-2-4-6;/h2-3H,4H2,1H3;1H. The van der Waals surface area contributed by atoms with Gasteiger partial charge in [-0.2, -0.15) is 0 Å². The topological polar surface area (TPSA) is 29.5 Å². The molecule has 0 unspecified atom stereocenters. The van der Waals surface area contributed by atoms with Crippen LogP contribution in [0.2, 0.25) is 0 Å². The number of amides is 1. The average molecular weight is 150 g/mol. The quantitative estimate of drug-likeness (QED) is 0.515. The number of methoxy groups -OCH3 is 1. The number of hydrogen-bond acceptors (Lipinski definition) is 2. The molecule has 0 aromatic heterocycles. The molecule has 1 rings (SSSR count). The van der Waals surface area contributed by atoms with Crippen LogP contribution in [0.5, 0.6) is 0 Å². The molecule has 0 aromatic rings. The van der Waals surface area contributed by atoms with Gasteiger partial charge in [0.1, 0.15) is 0 Å². The van der Waals surface area contributed by atoms with E-state index in [0.29, 0.717) is 6.54 Å². The van der Waals surface area contributed by atoms with Gasteiger partial charge in [-0.3, -0.25) is 4.90 Å². The van der Waals surface area contributed by atoms with E-state index in [1.807, 2.05) is 6.08 Å². The van der Waals surface area contributed by atoms with Crippen LogP contribution in [0.15, 0.2) is 12.3 Å². The number of ether oxygens (including phenoxy) is 1. The van der Waals surface area contributed by atoms with Crippen molar-refractivity contribution in [3.63, 3.8) is 0 Å². The summed E-state index contributed by atoms with van der Waals surface area (Å²) in [5, 5.41) is 0. The molecule has 3 nitrogen and oxygen atoms in total. The van der Waals surface area contributed by atoms with Crippen molar-refractivity contribution in [2.24, 2.45) is 0 Å². The van der Waals surface area contributed by atoms with Crippen LogP contribution in [-0.2, 0) is 4.74 Å². The monoisotopic (exact) mass is 149 g/mol. The van der Waals surface area contributed by atoms with Gasteiger partial charge in [-0.05, 0) is 6.08 Å². The van der Waals surface area contributed by atoms with Crippen molar-refractivity contribution in [2.45, 2.75) is 0 Å². The van der Waals surface area contributed by atoms with Gasteiger partial charge in [-0.1, -0.05) is 0 Å². The van der Waals surface area contributed by atoms with Crippen molar-refractivity contribution in [3.05, 3.63) is 12.3 Å². The van der Waals surface area contributed by atoms with Crippen molar-refractivity contribution in [3.8, 4) is 0 Å². The van der Waals surface area contributed by atoms with Gasteiger partial charge in [0.2, 0.25) is 0 Å². The average Bonchev–Trinajstić information content (AvgIpc) is 1.62. The molecular weight excluding hydrogens is 142 g/mol. The third-order valence-electron chi connectivity index (χ3n) is 0.997. The van der Waals surface area contributed by atoms with Gasteiger partial charge in [-0.25, -0.2) is 4.79 Å². The minimum absolute atomic E-state index is 0. The van der Waals surface area contributed by atoms with Crippen molar-refractivity contribution < 1.29 is 9.53 Å². The number of carbonyl (C=O) groups excluding carboxylic acids is 1. The zero-order chi connectivity index (χ0) is 5.98. The number of hydrogen-bond donors (Lipinski definition) is 0. The Morgan fingerprint density at radius 2 is 2.33 bits per heavy atom. The van der Waals surface area contributed by atoms with E-state index in [0.717, 1.165) is 0 Å². The first-order chi connectivity index (χ1) is 3.84. The highest BCUT2D eigenvalue weighted by Gasteiger charge is 2.12. The largest absolute Gasteiger partial charge is 0.452 e. The first-order valence-electron chi connectivity index (χ1n) is 2.36. The molecule has 0 radical (unpaired) electrons. The maximum atomic E-state index is 10.4. The van der Waals surface area contributed by atoms with Gasteiger partial charge in [-0.15, -0.1) is 12.4 Å². The third kappa shape index (κ3) is 1.61. The molecule has 0 aromatic carbocycles.